The molecule has 0 saturated heterocycles. The molecule has 0 radical (unpaired) electrons. The van der Waals surface area contributed by atoms with E-state index in [4.69, 9.17) is 0 Å². The topological polar surface area (TPSA) is 120 Å². The smallest absolute Gasteiger partial charge is 0.333 e. The maximum atomic E-state index is 13.2. The summed E-state index contributed by atoms with van der Waals surface area (Å²) in [4.78, 5) is 55.0. The fourth-order valence-corrected chi connectivity index (χ4v) is 3.41. The fourth-order valence-electron chi connectivity index (χ4n) is 3.41. The molecule has 170 valence electrons. The van der Waals surface area contributed by atoms with Crippen molar-refractivity contribution in [2.24, 2.45) is 5.92 Å². The first kappa shape index (κ1) is 23.0. The highest BCUT2D eigenvalue weighted by Crippen LogP contribution is 2.11. The first-order valence-electron chi connectivity index (χ1n) is 10.6. The van der Waals surface area contributed by atoms with Crippen LogP contribution in [0.15, 0.2) is 46.2 Å². The van der Waals surface area contributed by atoms with Crippen LogP contribution >= 0.6 is 0 Å². The lowest BCUT2D eigenvalue weighted by Gasteiger charge is -2.13. The maximum absolute atomic E-state index is 13.2. The number of fused-ring (bicyclic) bond motifs is 1. The normalized spacial score (nSPS) is 11.1. The molecule has 10 nitrogen and oxygen atoms in total. The zero-order valence-corrected chi connectivity index (χ0v) is 18.5. The van der Waals surface area contributed by atoms with Gasteiger partial charge >= 0.3 is 11.7 Å². The van der Waals surface area contributed by atoms with Crippen molar-refractivity contribution in [3.05, 3.63) is 63.1 Å². The minimum Gasteiger partial charge on any atom is -0.338 e. The average molecular weight is 441 g/mol. The maximum Gasteiger partial charge on any atom is 0.333 e. The Balaban J connectivity index is 2.06. The lowest BCUT2D eigenvalue weighted by molar-refractivity contribution is -0.120. The number of nitrogens with zero attached hydrogens (tertiary/aromatic N) is 4. The largest absolute Gasteiger partial charge is 0.338 e. The van der Waals surface area contributed by atoms with Crippen LogP contribution in [-0.4, -0.2) is 37.2 Å². The molecule has 0 aliphatic heterocycles. The van der Waals surface area contributed by atoms with Crippen molar-refractivity contribution < 1.29 is 9.59 Å². The van der Waals surface area contributed by atoms with Gasteiger partial charge in [-0.15, -0.1) is 0 Å². The Morgan fingerprint density at radius 3 is 2.47 bits per heavy atom. The molecule has 0 saturated carbocycles. The number of carbonyl (C=O) groups excluding carboxylic acids is 2. The number of hydrogen-bond acceptors (Lipinski definition) is 5. The van der Waals surface area contributed by atoms with Gasteiger partial charge in [0, 0.05) is 13.1 Å². The number of nitrogens with one attached hydrogen (secondary N) is 2. The standard InChI is InChI=1S/C22H28N6O4/c1-4-10-23-21(31)25-17(29)13-28-20(30)18-19(24-14-26(18)11-15(2)3)27(22(28)32)12-16-8-6-5-7-9-16/h5-9,14-15H,4,10-13H2,1-3H3,(H2,23,25,29,31). The monoisotopic (exact) mass is 440 g/mol. The number of imide groups is 1. The summed E-state index contributed by atoms with van der Waals surface area (Å²) in [5, 5.41) is 4.68. The number of carbonyl (C=O) groups is 2. The molecular weight excluding hydrogens is 412 g/mol. The van der Waals surface area contributed by atoms with Crippen LogP contribution < -0.4 is 21.9 Å². The minimum absolute atomic E-state index is 0.188. The number of benzene rings is 1. The highest BCUT2D eigenvalue weighted by Gasteiger charge is 2.21. The zero-order chi connectivity index (χ0) is 23.3. The van der Waals surface area contributed by atoms with Gasteiger partial charge in [0.25, 0.3) is 5.56 Å². The second kappa shape index (κ2) is 10.1. The Morgan fingerprint density at radius 2 is 1.81 bits per heavy atom. The molecule has 0 aliphatic carbocycles. The number of hydrogen-bond donors (Lipinski definition) is 2. The molecular formula is C22H28N6O4. The summed E-state index contributed by atoms with van der Waals surface area (Å²) in [6, 6.07) is 8.64. The Labute approximate surface area is 184 Å². The van der Waals surface area contributed by atoms with Crippen molar-refractivity contribution >= 4 is 23.1 Å². The van der Waals surface area contributed by atoms with Crippen LogP contribution in [0, 0.1) is 5.92 Å². The van der Waals surface area contributed by atoms with E-state index in [1.54, 1.807) is 4.57 Å². The number of aromatic nitrogens is 4. The molecule has 2 aromatic heterocycles. The van der Waals surface area contributed by atoms with Gasteiger partial charge in [0.2, 0.25) is 5.91 Å². The van der Waals surface area contributed by atoms with E-state index in [9.17, 15) is 19.2 Å². The van der Waals surface area contributed by atoms with Crippen LogP contribution in [0.4, 0.5) is 4.79 Å². The number of rotatable bonds is 8. The molecule has 0 spiro atoms. The Hall–Kier alpha value is -3.69. The first-order valence-corrected chi connectivity index (χ1v) is 10.6. The van der Waals surface area contributed by atoms with Crippen LogP contribution in [0.5, 0.6) is 0 Å². The van der Waals surface area contributed by atoms with Gasteiger partial charge in [0.1, 0.15) is 6.54 Å². The minimum atomic E-state index is -0.752. The second-order valence-electron chi connectivity index (χ2n) is 8.01. The molecule has 32 heavy (non-hydrogen) atoms. The lowest BCUT2D eigenvalue weighted by Crippen LogP contribution is -2.47. The second-order valence-corrected chi connectivity index (χ2v) is 8.01. The number of amides is 3. The first-order chi connectivity index (χ1) is 15.3. The molecule has 2 N–H and O–H groups in total. The van der Waals surface area contributed by atoms with Crippen molar-refractivity contribution in [3.63, 3.8) is 0 Å². The van der Waals surface area contributed by atoms with E-state index in [1.165, 1.54) is 10.9 Å². The van der Waals surface area contributed by atoms with Crippen molar-refractivity contribution in [3.8, 4) is 0 Å². The Kier molecular flexibility index (Phi) is 7.24. The predicted molar refractivity (Wildman–Crippen MR) is 120 cm³/mol. The summed E-state index contributed by atoms with van der Waals surface area (Å²) in [5.74, 6) is -0.515. The molecule has 3 amide bonds. The molecule has 0 aliphatic rings. The van der Waals surface area contributed by atoms with E-state index in [1.807, 2.05) is 51.1 Å². The van der Waals surface area contributed by atoms with Crippen LogP contribution in [0.3, 0.4) is 0 Å². The van der Waals surface area contributed by atoms with Gasteiger partial charge in [-0.25, -0.2) is 19.1 Å². The van der Waals surface area contributed by atoms with Gasteiger partial charge < -0.3 is 9.88 Å². The average Bonchev–Trinajstić information content (AvgIpc) is 3.16. The van der Waals surface area contributed by atoms with E-state index in [2.05, 4.69) is 15.6 Å². The van der Waals surface area contributed by atoms with Gasteiger partial charge in [0.15, 0.2) is 11.2 Å². The van der Waals surface area contributed by atoms with Gasteiger partial charge in [-0.2, -0.15) is 0 Å². The summed E-state index contributed by atoms with van der Waals surface area (Å²) >= 11 is 0. The van der Waals surface area contributed by atoms with Gasteiger partial charge in [-0.05, 0) is 17.9 Å². The molecule has 1 aromatic carbocycles. The quantitative estimate of drug-likeness (QED) is 0.547. The van der Waals surface area contributed by atoms with E-state index in [0.29, 0.717) is 19.5 Å². The number of urea groups is 1. The number of imidazole rings is 1. The van der Waals surface area contributed by atoms with Crippen LogP contribution in [0.25, 0.3) is 11.2 Å². The molecule has 10 heteroatoms. The highest BCUT2D eigenvalue weighted by atomic mass is 16.2. The van der Waals surface area contributed by atoms with Crippen molar-refractivity contribution in [2.45, 2.75) is 46.8 Å². The van der Waals surface area contributed by atoms with Crippen LogP contribution in [0.1, 0.15) is 32.8 Å². The third-order valence-electron chi connectivity index (χ3n) is 4.82. The SMILES string of the molecule is CCCNC(=O)NC(=O)Cn1c(=O)c2c(ncn2CC(C)C)n(Cc2ccccc2)c1=O. The molecule has 0 bridgehead atoms. The Morgan fingerprint density at radius 1 is 1.09 bits per heavy atom. The lowest BCUT2D eigenvalue weighted by atomic mass is 10.2. The zero-order valence-electron chi connectivity index (χ0n) is 18.5. The fraction of sp³-hybridized carbons (Fsp3) is 0.409. The highest BCUT2D eigenvalue weighted by molar-refractivity contribution is 5.94. The Bertz CT molecular complexity index is 1220. The summed E-state index contributed by atoms with van der Waals surface area (Å²) in [7, 11) is 0. The predicted octanol–water partition coefficient (Wildman–Crippen LogP) is 1.30. The van der Waals surface area contributed by atoms with Gasteiger partial charge in [0.05, 0.1) is 12.9 Å². The molecule has 0 atom stereocenters. The molecule has 3 rings (SSSR count). The van der Waals surface area contributed by atoms with E-state index >= 15 is 0 Å². The molecule has 2 heterocycles. The van der Waals surface area contributed by atoms with Crippen molar-refractivity contribution in [1.82, 2.24) is 29.3 Å². The molecule has 0 unspecified atom stereocenters. The third-order valence-corrected chi connectivity index (χ3v) is 4.82. The van der Waals surface area contributed by atoms with Crippen molar-refractivity contribution in [1.29, 1.82) is 0 Å². The van der Waals surface area contributed by atoms with Crippen molar-refractivity contribution in [2.75, 3.05) is 6.54 Å². The molecule has 3 aromatic rings. The van der Waals surface area contributed by atoms with Gasteiger partial charge in [-0.1, -0.05) is 51.1 Å². The van der Waals surface area contributed by atoms with Crippen LogP contribution in [-0.2, 0) is 24.4 Å². The third kappa shape index (κ3) is 5.13. The summed E-state index contributed by atoms with van der Waals surface area (Å²) in [6.07, 6.45) is 2.25. The summed E-state index contributed by atoms with van der Waals surface area (Å²) in [5.41, 5.74) is 0.0871. The summed E-state index contributed by atoms with van der Waals surface area (Å²) in [6.45, 7) is 6.44. The van der Waals surface area contributed by atoms with Gasteiger partial charge in [-0.3, -0.25) is 19.5 Å². The van der Waals surface area contributed by atoms with Crippen LogP contribution in [0.2, 0.25) is 0 Å². The van der Waals surface area contributed by atoms with E-state index in [-0.39, 0.29) is 23.6 Å². The van der Waals surface area contributed by atoms with E-state index in [0.717, 1.165) is 10.1 Å². The molecule has 0 fully saturated rings. The van der Waals surface area contributed by atoms with E-state index < -0.39 is 29.7 Å². The summed E-state index contributed by atoms with van der Waals surface area (Å²) < 4.78 is 3.94.